The van der Waals surface area contributed by atoms with E-state index in [1.807, 2.05) is 49.4 Å². The van der Waals surface area contributed by atoms with Crippen molar-refractivity contribution in [2.24, 2.45) is 0 Å². The Bertz CT molecular complexity index is 837. The number of halogens is 1. The Labute approximate surface area is 132 Å². The number of hydrogen-bond donors (Lipinski definition) is 0. The zero-order chi connectivity index (χ0) is 15.2. The van der Waals surface area contributed by atoms with Gasteiger partial charge in [-0.2, -0.15) is 0 Å². The third kappa shape index (κ3) is 2.20. The average molecular weight is 316 g/mol. The minimum Gasteiger partial charge on any atom is -0.355 e. The first kappa shape index (κ1) is 13.8. The fourth-order valence-electron chi connectivity index (χ4n) is 2.74. The van der Waals surface area contributed by atoms with Crippen molar-refractivity contribution < 1.29 is 14.0 Å². The van der Waals surface area contributed by atoms with Crippen molar-refractivity contribution in [3.05, 3.63) is 53.1 Å². The second-order valence-corrected chi connectivity index (χ2v) is 5.83. The van der Waals surface area contributed by atoms with Crippen LogP contribution >= 0.6 is 11.6 Å². The molecule has 0 aliphatic carbocycles. The minimum atomic E-state index is -0.711. The fourth-order valence-corrected chi connectivity index (χ4v) is 2.93. The van der Waals surface area contributed by atoms with Crippen LogP contribution in [0, 0.1) is 0 Å². The van der Waals surface area contributed by atoms with E-state index in [0.29, 0.717) is 24.0 Å². The maximum absolute atomic E-state index is 6.07. The first-order valence-corrected chi connectivity index (χ1v) is 7.47. The van der Waals surface area contributed by atoms with Gasteiger partial charge in [0.2, 0.25) is 0 Å². The van der Waals surface area contributed by atoms with Crippen LogP contribution in [-0.2, 0) is 15.3 Å². The predicted molar refractivity (Wildman–Crippen MR) is 83.7 cm³/mol. The summed E-state index contributed by atoms with van der Waals surface area (Å²) in [6.07, 6.45) is 0. The molecule has 4 nitrogen and oxygen atoms in total. The molecule has 0 N–H and O–H groups in total. The molecule has 1 aliphatic heterocycles. The topological polar surface area (TPSA) is 44.5 Å². The van der Waals surface area contributed by atoms with Gasteiger partial charge in [-0.3, -0.25) is 0 Å². The van der Waals surface area contributed by atoms with E-state index in [1.54, 1.807) is 0 Å². The summed E-state index contributed by atoms with van der Waals surface area (Å²) in [5, 5.41) is 5.69. The normalized spacial score (nSPS) is 17.2. The van der Waals surface area contributed by atoms with Gasteiger partial charge in [0.15, 0.2) is 11.5 Å². The second kappa shape index (κ2) is 5.09. The molecule has 1 fully saturated rings. The number of fused-ring (bicyclic) bond motifs is 1. The zero-order valence-electron chi connectivity index (χ0n) is 12.0. The molecule has 2 heterocycles. The molecule has 112 valence electrons. The van der Waals surface area contributed by atoms with Crippen LogP contribution in [0.15, 0.2) is 47.0 Å². The summed E-state index contributed by atoms with van der Waals surface area (Å²) in [6.45, 7) is 3.12. The molecule has 0 unspecified atom stereocenters. The molecule has 0 amide bonds. The molecule has 0 bridgehead atoms. The van der Waals surface area contributed by atoms with Crippen LogP contribution in [0.5, 0.6) is 0 Å². The highest BCUT2D eigenvalue weighted by Crippen LogP contribution is 2.36. The lowest BCUT2D eigenvalue weighted by Gasteiger charge is -2.22. The van der Waals surface area contributed by atoms with Crippen molar-refractivity contribution in [3.8, 4) is 11.3 Å². The van der Waals surface area contributed by atoms with E-state index in [1.165, 1.54) is 0 Å². The van der Waals surface area contributed by atoms with Gasteiger partial charge in [0.05, 0.1) is 18.6 Å². The van der Waals surface area contributed by atoms with Gasteiger partial charge in [-0.1, -0.05) is 35.0 Å². The first-order chi connectivity index (χ1) is 10.7. The number of hydrogen-bond acceptors (Lipinski definition) is 4. The highest BCUT2D eigenvalue weighted by molar-refractivity contribution is 6.30. The Kier molecular flexibility index (Phi) is 3.18. The van der Waals surface area contributed by atoms with Gasteiger partial charge in [0.1, 0.15) is 5.52 Å². The Balaban J connectivity index is 1.87. The molecule has 0 spiro atoms. The van der Waals surface area contributed by atoms with Crippen LogP contribution < -0.4 is 0 Å². The molecule has 5 heteroatoms. The molecule has 1 saturated heterocycles. The molecule has 3 aromatic rings. The smallest absolute Gasteiger partial charge is 0.192 e. The van der Waals surface area contributed by atoms with Crippen molar-refractivity contribution in [2.75, 3.05) is 13.2 Å². The Hall–Kier alpha value is -1.88. The van der Waals surface area contributed by atoms with Crippen LogP contribution in [0.2, 0.25) is 5.02 Å². The van der Waals surface area contributed by atoms with Crippen molar-refractivity contribution >= 4 is 22.5 Å². The average Bonchev–Trinajstić information content (AvgIpc) is 3.13. The number of aromatic nitrogens is 1. The maximum atomic E-state index is 6.07. The van der Waals surface area contributed by atoms with Gasteiger partial charge in [0, 0.05) is 16.1 Å². The Morgan fingerprint density at radius 1 is 1.09 bits per heavy atom. The van der Waals surface area contributed by atoms with Crippen molar-refractivity contribution in [1.82, 2.24) is 5.16 Å². The zero-order valence-corrected chi connectivity index (χ0v) is 12.8. The van der Waals surface area contributed by atoms with Gasteiger partial charge in [-0.05, 0) is 31.2 Å². The van der Waals surface area contributed by atoms with Crippen molar-refractivity contribution in [2.45, 2.75) is 12.7 Å². The number of benzene rings is 2. The van der Waals surface area contributed by atoms with Gasteiger partial charge in [0.25, 0.3) is 0 Å². The lowest BCUT2D eigenvalue weighted by molar-refractivity contribution is -0.149. The van der Waals surface area contributed by atoms with Gasteiger partial charge < -0.3 is 14.0 Å². The lowest BCUT2D eigenvalue weighted by Crippen LogP contribution is -2.22. The summed E-state index contributed by atoms with van der Waals surface area (Å²) in [4.78, 5) is 0. The van der Waals surface area contributed by atoms with Crippen LogP contribution in [0.25, 0.3) is 22.2 Å². The fraction of sp³-hybridized carbons (Fsp3) is 0.235. The summed E-state index contributed by atoms with van der Waals surface area (Å²) >= 11 is 6.07. The van der Waals surface area contributed by atoms with Gasteiger partial charge in [-0.15, -0.1) is 0 Å². The SMILES string of the molecule is CC1(c2ccc3noc(-c4cccc(Cl)c4)c3c2)OCCO1. The summed E-state index contributed by atoms with van der Waals surface area (Å²) in [6, 6.07) is 13.4. The standard InChI is InChI=1S/C17H14ClNO3/c1-17(20-7-8-21-17)12-5-6-15-14(10-12)16(22-19-15)11-3-2-4-13(18)9-11/h2-6,9-10H,7-8H2,1H3. The number of nitrogens with zero attached hydrogens (tertiary/aromatic N) is 1. The molecule has 0 saturated carbocycles. The summed E-state index contributed by atoms with van der Waals surface area (Å²) in [7, 11) is 0. The molecule has 1 aliphatic rings. The molecule has 22 heavy (non-hydrogen) atoms. The monoisotopic (exact) mass is 315 g/mol. The summed E-state index contributed by atoms with van der Waals surface area (Å²) < 4.78 is 17.0. The first-order valence-electron chi connectivity index (χ1n) is 7.09. The van der Waals surface area contributed by atoms with Crippen LogP contribution in [-0.4, -0.2) is 18.4 Å². The largest absolute Gasteiger partial charge is 0.355 e. The highest BCUT2D eigenvalue weighted by atomic mass is 35.5. The van der Waals surface area contributed by atoms with E-state index in [4.69, 9.17) is 25.6 Å². The van der Waals surface area contributed by atoms with E-state index >= 15 is 0 Å². The third-order valence-electron chi connectivity index (χ3n) is 3.93. The van der Waals surface area contributed by atoms with Crippen LogP contribution in [0.3, 0.4) is 0 Å². The number of ether oxygens (including phenoxy) is 2. The Morgan fingerprint density at radius 3 is 2.68 bits per heavy atom. The maximum Gasteiger partial charge on any atom is 0.192 e. The predicted octanol–water partition coefficient (Wildman–Crippen LogP) is 4.37. The minimum absolute atomic E-state index is 0.597. The van der Waals surface area contributed by atoms with E-state index in [2.05, 4.69) is 5.16 Å². The second-order valence-electron chi connectivity index (χ2n) is 5.40. The summed E-state index contributed by atoms with van der Waals surface area (Å²) in [5.41, 5.74) is 2.63. The quantitative estimate of drug-likeness (QED) is 0.704. The van der Waals surface area contributed by atoms with Crippen LogP contribution in [0.1, 0.15) is 12.5 Å². The van der Waals surface area contributed by atoms with E-state index in [9.17, 15) is 0 Å². The lowest BCUT2D eigenvalue weighted by atomic mass is 10.0. The van der Waals surface area contributed by atoms with Gasteiger partial charge in [-0.25, -0.2) is 0 Å². The molecule has 0 radical (unpaired) electrons. The van der Waals surface area contributed by atoms with Crippen LogP contribution in [0.4, 0.5) is 0 Å². The van der Waals surface area contributed by atoms with Gasteiger partial charge >= 0.3 is 0 Å². The molecular formula is C17H14ClNO3. The van der Waals surface area contributed by atoms with Crippen molar-refractivity contribution in [1.29, 1.82) is 0 Å². The summed E-state index contributed by atoms with van der Waals surface area (Å²) in [5.74, 6) is -0.0159. The van der Waals surface area contributed by atoms with E-state index in [-0.39, 0.29) is 0 Å². The van der Waals surface area contributed by atoms with E-state index in [0.717, 1.165) is 22.0 Å². The number of rotatable bonds is 2. The molecule has 4 rings (SSSR count). The molecule has 1 aromatic heterocycles. The van der Waals surface area contributed by atoms with Crippen molar-refractivity contribution in [3.63, 3.8) is 0 Å². The molecule has 2 aromatic carbocycles. The molecular weight excluding hydrogens is 302 g/mol. The highest BCUT2D eigenvalue weighted by Gasteiger charge is 2.33. The van der Waals surface area contributed by atoms with E-state index < -0.39 is 5.79 Å². The third-order valence-corrected chi connectivity index (χ3v) is 4.16. The Morgan fingerprint density at radius 2 is 1.91 bits per heavy atom. The molecule has 0 atom stereocenters.